The van der Waals surface area contributed by atoms with Crippen molar-refractivity contribution in [1.82, 2.24) is 10.3 Å². The SMILES string of the molecule is C[C@@H](NC(=O)c1c[nH]c2ccccc2c1=O)c1ccc(Cl)s1. The maximum Gasteiger partial charge on any atom is 0.257 e. The van der Waals surface area contributed by atoms with E-state index in [1.807, 2.05) is 19.1 Å². The monoisotopic (exact) mass is 332 g/mol. The molecular weight excluding hydrogens is 320 g/mol. The lowest BCUT2D eigenvalue weighted by atomic mass is 10.1. The minimum Gasteiger partial charge on any atom is -0.360 e. The number of para-hydroxylation sites is 1. The molecule has 3 rings (SSSR count). The average molecular weight is 333 g/mol. The number of hydrogen-bond donors (Lipinski definition) is 2. The maximum absolute atomic E-state index is 12.4. The lowest BCUT2D eigenvalue weighted by Crippen LogP contribution is -2.30. The van der Waals surface area contributed by atoms with Crippen molar-refractivity contribution in [3.8, 4) is 0 Å². The van der Waals surface area contributed by atoms with E-state index in [1.165, 1.54) is 17.5 Å². The summed E-state index contributed by atoms with van der Waals surface area (Å²) >= 11 is 7.30. The molecule has 0 saturated heterocycles. The van der Waals surface area contributed by atoms with Crippen LogP contribution in [0.3, 0.4) is 0 Å². The summed E-state index contributed by atoms with van der Waals surface area (Å²) in [5.74, 6) is -0.399. The van der Waals surface area contributed by atoms with E-state index in [0.717, 1.165) is 4.88 Å². The predicted octanol–water partition coefficient (Wildman–Crippen LogP) is 3.73. The number of aromatic nitrogens is 1. The first-order valence-electron chi connectivity index (χ1n) is 6.73. The van der Waals surface area contributed by atoms with E-state index >= 15 is 0 Å². The minimum absolute atomic E-state index is 0.105. The number of rotatable bonds is 3. The Balaban J connectivity index is 1.89. The summed E-state index contributed by atoms with van der Waals surface area (Å²) in [6.45, 7) is 1.86. The molecule has 0 fully saturated rings. The number of nitrogens with one attached hydrogen (secondary N) is 2. The molecule has 4 nitrogen and oxygen atoms in total. The first kappa shape index (κ1) is 14.8. The van der Waals surface area contributed by atoms with E-state index in [0.29, 0.717) is 15.2 Å². The number of fused-ring (bicyclic) bond motifs is 1. The lowest BCUT2D eigenvalue weighted by molar-refractivity contribution is 0.0939. The van der Waals surface area contributed by atoms with Gasteiger partial charge in [0, 0.05) is 22.0 Å². The quantitative estimate of drug-likeness (QED) is 0.767. The zero-order valence-electron chi connectivity index (χ0n) is 11.7. The Morgan fingerprint density at radius 2 is 2.05 bits per heavy atom. The summed E-state index contributed by atoms with van der Waals surface area (Å²) in [7, 11) is 0. The van der Waals surface area contributed by atoms with Crippen LogP contribution in [0.5, 0.6) is 0 Å². The topological polar surface area (TPSA) is 62.0 Å². The predicted molar refractivity (Wildman–Crippen MR) is 89.8 cm³/mol. The second-order valence-corrected chi connectivity index (χ2v) is 6.66. The molecule has 22 heavy (non-hydrogen) atoms. The van der Waals surface area contributed by atoms with Crippen LogP contribution in [0.25, 0.3) is 10.9 Å². The fourth-order valence-electron chi connectivity index (χ4n) is 2.24. The summed E-state index contributed by atoms with van der Waals surface area (Å²) in [5.41, 5.74) is 0.540. The van der Waals surface area contributed by atoms with Gasteiger partial charge < -0.3 is 10.3 Å². The van der Waals surface area contributed by atoms with Gasteiger partial charge in [-0.3, -0.25) is 9.59 Å². The largest absolute Gasteiger partial charge is 0.360 e. The van der Waals surface area contributed by atoms with Crippen LogP contribution in [-0.4, -0.2) is 10.9 Å². The van der Waals surface area contributed by atoms with Gasteiger partial charge >= 0.3 is 0 Å². The molecule has 6 heteroatoms. The van der Waals surface area contributed by atoms with Crippen LogP contribution in [0, 0.1) is 0 Å². The molecule has 1 aromatic carbocycles. The highest BCUT2D eigenvalue weighted by molar-refractivity contribution is 7.16. The Bertz CT molecular complexity index is 900. The van der Waals surface area contributed by atoms with Crippen molar-refractivity contribution in [1.29, 1.82) is 0 Å². The molecule has 0 radical (unpaired) electrons. The van der Waals surface area contributed by atoms with Gasteiger partial charge in [0.1, 0.15) is 5.56 Å². The second-order valence-electron chi connectivity index (χ2n) is 4.91. The van der Waals surface area contributed by atoms with Crippen LogP contribution < -0.4 is 10.7 Å². The standard InChI is InChI=1S/C16H13ClN2O2S/c1-9(13-6-7-14(17)22-13)19-16(21)11-8-18-12-5-3-2-4-10(12)15(11)20/h2-9H,1H3,(H,18,20)(H,19,21)/t9-/m1/s1. The molecule has 112 valence electrons. The van der Waals surface area contributed by atoms with E-state index in [9.17, 15) is 9.59 Å². The van der Waals surface area contributed by atoms with E-state index < -0.39 is 5.91 Å². The third kappa shape index (κ3) is 2.77. The number of amides is 1. The normalized spacial score (nSPS) is 12.3. The fraction of sp³-hybridized carbons (Fsp3) is 0.125. The van der Waals surface area contributed by atoms with Crippen LogP contribution in [-0.2, 0) is 0 Å². The summed E-state index contributed by atoms with van der Waals surface area (Å²) in [4.78, 5) is 28.7. The molecule has 0 spiro atoms. The third-order valence-electron chi connectivity index (χ3n) is 3.40. The highest BCUT2D eigenvalue weighted by Gasteiger charge is 2.16. The summed E-state index contributed by atoms with van der Waals surface area (Å²) in [6, 6.07) is 10.5. The lowest BCUT2D eigenvalue weighted by Gasteiger charge is -2.12. The molecule has 0 aliphatic carbocycles. The number of aromatic amines is 1. The van der Waals surface area contributed by atoms with Gasteiger partial charge in [0.15, 0.2) is 0 Å². The minimum atomic E-state index is -0.399. The number of carbonyl (C=O) groups is 1. The van der Waals surface area contributed by atoms with Crippen molar-refractivity contribution < 1.29 is 4.79 Å². The van der Waals surface area contributed by atoms with Gasteiger partial charge in [-0.15, -0.1) is 11.3 Å². The van der Waals surface area contributed by atoms with Crippen molar-refractivity contribution in [3.63, 3.8) is 0 Å². The van der Waals surface area contributed by atoms with Gasteiger partial charge in [0.25, 0.3) is 5.91 Å². The number of pyridine rings is 1. The van der Waals surface area contributed by atoms with Gasteiger partial charge in [-0.1, -0.05) is 23.7 Å². The second kappa shape index (κ2) is 5.94. The molecule has 2 heterocycles. The van der Waals surface area contributed by atoms with E-state index in [-0.39, 0.29) is 17.0 Å². The molecule has 0 saturated carbocycles. The van der Waals surface area contributed by atoms with Crippen LogP contribution in [0.4, 0.5) is 0 Å². The number of hydrogen-bond acceptors (Lipinski definition) is 3. The van der Waals surface area contributed by atoms with Gasteiger partial charge in [0.05, 0.1) is 10.4 Å². The Morgan fingerprint density at radius 1 is 1.27 bits per heavy atom. The number of benzene rings is 1. The molecule has 0 aliphatic heterocycles. The van der Waals surface area contributed by atoms with Gasteiger partial charge in [-0.25, -0.2) is 0 Å². The van der Waals surface area contributed by atoms with Gasteiger partial charge in [0.2, 0.25) is 5.43 Å². The first-order chi connectivity index (χ1) is 10.6. The molecular formula is C16H13ClN2O2S. The van der Waals surface area contributed by atoms with E-state index in [1.54, 1.807) is 24.3 Å². The molecule has 2 aromatic heterocycles. The molecule has 0 unspecified atom stereocenters. The van der Waals surface area contributed by atoms with Crippen LogP contribution >= 0.6 is 22.9 Å². The Morgan fingerprint density at radius 3 is 2.77 bits per heavy atom. The van der Waals surface area contributed by atoms with Crippen molar-refractivity contribution >= 4 is 39.7 Å². The number of carbonyl (C=O) groups excluding carboxylic acids is 1. The Hall–Kier alpha value is -2.11. The zero-order chi connectivity index (χ0) is 15.7. The maximum atomic E-state index is 12.4. The Labute approximate surface area is 135 Å². The molecule has 3 aromatic rings. The van der Waals surface area contributed by atoms with Crippen molar-refractivity contribution in [2.75, 3.05) is 0 Å². The van der Waals surface area contributed by atoms with E-state index in [2.05, 4.69) is 10.3 Å². The number of thiophene rings is 1. The molecule has 0 aliphatic rings. The van der Waals surface area contributed by atoms with Gasteiger partial charge in [-0.05, 0) is 31.2 Å². The Kier molecular flexibility index (Phi) is 4.00. The van der Waals surface area contributed by atoms with Crippen LogP contribution in [0.1, 0.15) is 28.2 Å². The van der Waals surface area contributed by atoms with Crippen molar-refractivity contribution in [2.24, 2.45) is 0 Å². The van der Waals surface area contributed by atoms with Crippen molar-refractivity contribution in [2.45, 2.75) is 13.0 Å². The van der Waals surface area contributed by atoms with Crippen LogP contribution in [0.2, 0.25) is 4.34 Å². The van der Waals surface area contributed by atoms with E-state index in [4.69, 9.17) is 11.6 Å². The molecule has 1 atom stereocenters. The molecule has 1 amide bonds. The summed E-state index contributed by atoms with van der Waals surface area (Å²) in [6.07, 6.45) is 1.45. The number of halogens is 1. The first-order valence-corrected chi connectivity index (χ1v) is 7.92. The zero-order valence-corrected chi connectivity index (χ0v) is 13.3. The summed E-state index contributed by atoms with van der Waals surface area (Å²) in [5, 5.41) is 3.33. The van der Waals surface area contributed by atoms with Crippen molar-refractivity contribution in [3.05, 3.63) is 67.6 Å². The van der Waals surface area contributed by atoms with Gasteiger partial charge in [-0.2, -0.15) is 0 Å². The van der Waals surface area contributed by atoms with Crippen LogP contribution in [0.15, 0.2) is 47.4 Å². The highest BCUT2D eigenvalue weighted by atomic mass is 35.5. The average Bonchev–Trinajstić information content (AvgIpc) is 2.94. The number of H-pyrrole nitrogens is 1. The highest BCUT2D eigenvalue weighted by Crippen LogP contribution is 2.26. The fourth-order valence-corrected chi connectivity index (χ4v) is 3.31. The summed E-state index contributed by atoms with van der Waals surface area (Å²) < 4.78 is 0.666. The smallest absolute Gasteiger partial charge is 0.257 e. The molecule has 2 N–H and O–H groups in total. The third-order valence-corrected chi connectivity index (χ3v) is 4.82. The molecule has 0 bridgehead atoms.